The third-order valence-corrected chi connectivity index (χ3v) is 3.73. The second-order valence-corrected chi connectivity index (χ2v) is 7.11. The van der Waals surface area contributed by atoms with Crippen molar-refractivity contribution in [1.82, 2.24) is 4.57 Å². The van der Waals surface area contributed by atoms with Gasteiger partial charge >= 0.3 is 5.97 Å². The van der Waals surface area contributed by atoms with Crippen LogP contribution < -0.4 is 0 Å². The van der Waals surface area contributed by atoms with E-state index in [9.17, 15) is 9.59 Å². The summed E-state index contributed by atoms with van der Waals surface area (Å²) in [6.07, 6.45) is 4.46. The van der Waals surface area contributed by atoms with Crippen LogP contribution >= 0.6 is 34.8 Å². The number of esters is 1. The first kappa shape index (κ1) is 18.3. The SMILES string of the molecule is CCCCC(C)n1cc(C(=O)C(Cl)(Cl)Cl)cc1C(=O)OC. The molecule has 4 nitrogen and oxygen atoms in total. The number of rotatable bonds is 6. The maximum absolute atomic E-state index is 12.0. The number of alkyl halides is 3. The Kier molecular flexibility index (Phi) is 6.57. The van der Waals surface area contributed by atoms with E-state index in [-0.39, 0.29) is 17.3 Å². The molecule has 0 N–H and O–H groups in total. The average molecular weight is 355 g/mol. The number of aromatic nitrogens is 1. The highest BCUT2D eigenvalue weighted by atomic mass is 35.6. The summed E-state index contributed by atoms with van der Waals surface area (Å²) in [5.41, 5.74) is 0.456. The van der Waals surface area contributed by atoms with Gasteiger partial charge in [0.1, 0.15) is 5.69 Å². The van der Waals surface area contributed by atoms with Gasteiger partial charge in [0.2, 0.25) is 5.78 Å². The lowest BCUT2D eigenvalue weighted by atomic mass is 10.1. The van der Waals surface area contributed by atoms with E-state index in [2.05, 4.69) is 6.92 Å². The van der Waals surface area contributed by atoms with Crippen molar-refractivity contribution in [2.45, 2.75) is 42.9 Å². The number of nitrogens with zero attached hydrogens (tertiary/aromatic N) is 1. The molecule has 1 aromatic heterocycles. The van der Waals surface area contributed by atoms with Gasteiger partial charge in [-0.3, -0.25) is 4.79 Å². The molecule has 0 aliphatic carbocycles. The smallest absolute Gasteiger partial charge is 0.354 e. The molecule has 1 atom stereocenters. The summed E-state index contributed by atoms with van der Waals surface area (Å²) in [7, 11) is 1.28. The standard InChI is InChI=1S/C14H18Cl3NO3/c1-4-5-6-9(2)18-8-10(12(19)14(15,16)17)7-11(18)13(20)21-3/h7-9H,4-6H2,1-3H3. The van der Waals surface area contributed by atoms with E-state index < -0.39 is 15.5 Å². The quantitative estimate of drug-likeness (QED) is 0.427. The summed E-state index contributed by atoms with van der Waals surface area (Å²) in [6, 6.07) is 1.44. The third-order valence-electron chi connectivity index (χ3n) is 3.21. The number of unbranched alkanes of at least 4 members (excludes halogenated alkanes) is 1. The molecule has 1 rings (SSSR count). The van der Waals surface area contributed by atoms with Crippen LogP contribution in [-0.4, -0.2) is 27.2 Å². The summed E-state index contributed by atoms with van der Waals surface area (Å²) in [6.45, 7) is 4.05. The molecule has 7 heteroatoms. The number of ether oxygens (including phenoxy) is 1. The molecule has 0 spiro atoms. The molecule has 0 aliphatic heterocycles. The third kappa shape index (κ3) is 4.63. The van der Waals surface area contributed by atoms with Crippen LogP contribution in [-0.2, 0) is 4.74 Å². The number of hydrogen-bond acceptors (Lipinski definition) is 3. The number of halogens is 3. The lowest BCUT2D eigenvalue weighted by Gasteiger charge is -2.16. The molecule has 1 heterocycles. The van der Waals surface area contributed by atoms with Gasteiger partial charge in [0.25, 0.3) is 3.79 Å². The molecule has 0 aromatic carbocycles. The van der Waals surface area contributed by atoms with E-state index in [0.29, 0.717) is 0 Å². The van der Waals surface area contributed by atoms with Crippen LogP contribution in [0.2, 0.25) is 0 Å². The van der Waals surface area contributed by atoms with Gasteiger partial charge in [-0.1, -0.05) is 54.6 Å². The molecule has 0 saturated heterocycles. The van der Waals surface area contributed by atoms with Crippen LogP contribution in [0.5, 0.6) is 0 Å². The highest BCUT2D eigenvalue weighted by Crippen LogP contribution is 2.32. The lowest BCUT2D eigenvalue weighted by molar-refractivity contribution is 0.0586. The fraction of sp³-hybridized carbons (Fsp3) is 0.571. The van der Waals surface area contributed by atoms with Gasteiger partial charge in [0.15, 0.2) is 0 Å². The van der Waals surface area contributed by atoms with Gasteiger partial charge in [-0.2, -0.15) is 0 Å². The normalized spacial score (nSPS) is 13.0. The van der Waals surface area contributed by atoms with Gasteiger partial charge in [0.05, 0.1) is 7.11 Å². The molecular formula is C14H18Cl3NO3. The van der Waals surface area contributed by atoms with Gasteiger partial charge in [-0.05, 0) is 19.4 Å². The molecule has 118 valence electrons. The first-order chi connectivity index (χ1) is 9.72. The van der Waals surface area contributed by atoms with Crippen molar-refractivity contribution in [3.63, 3.8) is 0 Å². The van der Waals surface area contributed by atoms with Crippen LogP contribution in [0.15, 0.2) is 12.3 Å². The van der Waals surface area contributed by atoms with E-state index in [4.69, 9.17) is 39.5 Å². The van der Waals surface area contributed by atoms with Crippen molar-refractivity contribution < 1.29 is 14.3 Å². The predicted molar refractivity (Wildman–Crippen MR) is 84.6 cm³/mol. The molecule has 1 aromatic rings. The number of hydrogen-bond donors (Lipinski definition) is 0. The Balaban J connectivity index is 3.19. The van der Waals surface area contributed by atoms with Crippen molar-refractivity contribution in [2.24, 2.45) is 0 Å². The minimum atomic E-state index is -2.05. The number of carbonyl (C=O) groups is 2. The molecule has 0 amide bonds. The molecule has 0 fully saturated rings. The molecule has 0 saturated carbocycles. The first-order valence-corrected chi connectivity index (χ1v) is 7.77. The maximum atomic E-state index is 12.0. The number of carbonyl (C=O) groups excluding carboxylic acids is 2. The van der Waals surface area contributed by atoms with Crippen LogP contribution in [0.25, 0.3) is 0 Å². The minimum Gasteiger partial charge on any atom is -0.464 e. The topological polar surface area (TPSA) is 48.3 Å². The van der Waals surface area contributed by atoms with E-state index in [1.54, 1.807) is 4.57 Å². The number of methoxy groups -OCH3 is 1. The zero-order valence-corrected chi connectivity index (χ0v) is 14.4. The highest BCUT2D eigenvalue weighted by Gasteiger charge is 2.33. The number of ketones is 1. The van der Waals surface area contributed by atoms with E-state index in [0.717, 1.165) is 19.3 Å². The fourth-order valence-corrected chi connectivity index (χ4v) is 2.37. The van der Waals surface area contributed by atoms with Gasteiger partial charge in [-0.15, -0.1) is 0 Å². The van der Waals surface area contributed by atoms with E-state index in [1.807, 2.05) is 6.92 Å². The lowest BCUT2D eigenvalue weighted by Crippen LogP contribution is -2.18. The number of Topliss-reactive ketones (excluding diaryl/α,β-unsaturated/α-hetero) is 1. The Hall–Kier alpha value is -0.710. The second kappa shape index (κ2) is 7.52. The molecule has 0 radical (unpaired) electrons. The summed E-state index contributed by atoms with van der Waals surface area (Å²) in [5, 5.41) is 0. The van der Waals surface area contributed by atoms with Gasteiger partial charge < -0.3 is 9.30 Å². The van der Waals surface area contributed by atoms with Crippen molar-refractivity contribution in [2.75, 3.05) is 7.11 Å². The zero-order chi connectivity index (χ0) is 16.2. The largest absolute Gasteiger partial charge is 0.464 e. The van der Waals surface area contributed by atoms with Crippen molar-refractivity contribution in [1.29, 1.82) is 0 Å². The van der Waals surface area contributed by atoms with E-state index >= 15 is 0 Å². The molecule has 21 heavy (non-hydrogen) atoms. The molecular weight excluding hydrogens is 337 g/mol. The minimum absolute atomic E-state index is 0.0379. The molecule has 1 unspecified atom stereocenters. The average Bonchev–Trinajstić information content (AvgIpc) is 2.86. The first-order valence-electron chi connectivity index (χ1n) is 6.64. The Morgan fingerprint density at radius 3 is 2.48 bits per heavy atom. The van der Waals surface area contributed by atoms with Gasteiger partial charge in [-0.25, -0.2) is 4.79 Å². The summed E-state index contributed by atoms with van der Waals surface area (Å²) < 4.78 is 4.39. The van der Waals surface area contributed by atoms with Crippen molar-refractivity contribution in [3.8, 4) is 0 Å². The molecule has 0 aliphatic rings. The maximum Gasteiger partial charge on any atom is 0.354 e. The Bertz CT molecular complexity index is 520. The predicted octanol–water partition coefficient (Wildman–Crippen LogP) is 4.58. The highest BCUT2D eigenvalue weighted by molar-refractivity contribution is 6.77. The van der Waals surface area contributed by atoms with Crippen molar-refractivity contribution >= 4 is 46.6 Å². The van der Waals surface area contributed by atoms with Crippen LogP contribution in [0.4, 0.5) is 0 Å². The summed E-state index contributed by atoms with van der Waals surface area (Å²) in [4.78, 5) is 23.9. The Morgan fingerprint density at radius 1 is 1.38 bits per heavy atom. The summed E-state index contributed by atoms with van der Waals surface area (Å²) in [5.74, 6) is -1.19. The van der Waals surface area contributed by atoms with Crippen molar-refractivity contribution in [3.05, 3.63) is 23.5 Å². The Morgan fingerprint density at radius 2 is 2.00 bits per heavy atom. The summed E-state index contributed by atoms with van der Waals surface area (Å²) >= 11 is 16.8. The van der Waals surface area contributed by atoms with Gasteiger partial charge in [0, 0.05) is 17.8 Å². The fourth-order valence-electron chi connectivity index (χ4n) is 2.04. The van der Waals surface area contributed by atoms with Crippen LogP contribution in [0.1, 0.15) is 60.0 Å². The monoisotopic (exact) mass is 353 g/mol. The van der Waals surface area contributed by atoms with Crippen LogP contribution in [0.3, 0.4) is 0 Å². The zero-order valence-electron chi connectivity index (χ0n) is 12.2. The Labute approximate surface area is 139 Å². The van der Waals surface area contributed by atoms with Crippen LogP contribution in [0, 0.1) is 0 Å². The molecule has 0 bridgehead atoms. The second-order valence-electron chi connectivity index (χ2n) is 4.83. The van der Waals surface area contributed by atoms with E-state index in [1.165, 1.54) is 19.4 Å².